The van der Waals surface area contributed by atoms with Crippen LogP contribution in [0.5, 0.6) is 0 Å². The molecule has 0 unspecified atom stereocenters. The second-order valence-electron chi connectivity index (χ2n) is 6.51. The molecule has 142 valence electrons. The summed E-state index contributed by atoms with van der Waals surface area (Å²) in [7, 11) is -3.09. The molecule has 1 fully saturated rings. The number of aromatic nitrogens is 2. The van der Waals surface area contributed by atoms with Gasteiger partial charge in [-0.3, -0.25) is 4.68 Å². The number of hydrogen-bond acceptors (Lipinski definition) is 5. The van der Waals surface area contributed by atoms with Crippen molar-refractivity contribution in [3.63, 3.8) is 0 Å². The largest absolute Gasteiger partial charge is 0.395 e. The maximum Gasteiger partial charge on any atom is 0.318 e. The van der Waals surface area contributed by atoms with Crippen molar-refractivity contribution in [3.05, 3.63) is 17.0 Å². The van der Waals surface area contributed by atoms with Gasteiger partial charge in [0.1, 0.15) is 0 Å². The zero-order valence-electron chi connectivity index (χ0n) is 15.2. The van der Waals surface area contributed by atoms with Crippen LogP contribution in [-0.2, 0) is 22.9 Å². The van der Waals surface area contributed by atoms with E-state index in [-0.39, 0.29) is 36.7 Å². The van der Waals surface area contributed by atoms with E-state index in [4.69, 9.17) is 0 Å². The fraction of sp³-hybridized carbons (Fsp3) is 0.750. The van der Waals surface area contributed by atoms with Crippen LogP contribution in [0.4, 0.5) is 4.79 Å². The topological polar surface area (TPSA) is 105 Å². The summed E-state index contributed by atoms with van der Waals surface area (Å²) >= 11 is 0. The molecule has 25 heavy (non-hydrogen) atoms. The van der Waals surface area contributed by atoms with E-state index in [1.807, 2.05) is 18.5 Å². The SMILES string of the molecule is CCCn1nc(C)c(CNC(=O)N(CCO)[C@H]2CCS(=O)(=O)C2)c1C. The Morgan fingerprint density at radius 3 is 2.72 bits per heavy atom. The number of sulfone groups is 1. The Bertz CT molecular complexity index is 714. The molecule has 2 amide bonds. The highest BCUT2D eigenvalue weighted by molar-refractivity contribution is 7.91. The van der Waals surface area contributed by atoms with Crippen molar-refractivity contribution in [1.29, 1.82) is 0 Å². The van der Waals surface area contributed by atoms with Gasteiger partial charge in [-0.05, 0) is 26.7 Å². The summed E-state index contributed by atoms with van der Waals surface area (Å²) in [6, 6.07) is -0.722. The number of aryl methyl sites for hydroxylation is 2. The second-order valence-corrected chi connectivity index (χ2v) is 8.73. The molecule has 2 rings (SSSR count). The van der Waals surface area contributed by atoms with Crippen molar-refractivity contribution >= 4 is 15.9 Å². The molecule has 8 nitrogen and oxygen atoms in total. The normalized spacial score (nSPS) is 19.1. The average Bonchev–Trinajstić information content (AvgIpc) is 3.03. The molecule has 1 aliphatic rings. The van der Waals surface area contributed by atoms with E-state index in [9.17, 15) is 18.3 Å². The van der Waals surface area contributed by atoms with Gasteiger partial charge in [0.25, 0.3) is 0 Å². The van der Waals surface area contributed by atoms with Crippen LogP contribution in [0.25, 0.3) is 0 Å². The summed E-state index contributed by atoms with van der Waals surface area (Å²) in [4.78, 5) is 14.0. The highest BCUT2D eigenvalue weighted by atomic mass is 32.2. The van der Waals surface area contributed by atoms with E-state index in [1.54, 1.807) is 0 Å². The molecule has 2 N–H and O–H groups in total. The Morgan fingerprint density at radius 1 is 1.44 bits per heavy atom. The smallest absolute Gasteiger partial charge is 0.318 e. The number of aliphatic hydroxyl groups excluding tert-OH is 1. The number of rotatable bonds is 7. The molecular formula is C16H28N4O4S. The van der Waals surface area contributed by atoms with Gasteiger partial charge in [-0.2, -0.15) is 5.10 Å². The minimum atomic E-state index is -3.09. The lowest BCUT2D eigenvalue weighted by Gasteiger charge is -2.27. The monoisotopic (exact) mass is 372 g/mol. The van der Waals surface area contributed by atoms with Crippen molar-refractivity contribution in [2.45, 2.75) is 52.7 Å². The lowest BCUT2D eigenvalue weighted by molar-refractivity contribution is 0.157. The number of urea groups is 1. The van der Waals surface area contributed by atoms with Crippen molar-refractivity contribution in [2.24, 2.45) is 0 Å². The molecule has 2 heterocycles. The van der Waals surface area contributed by atoms with Crippen LogP contribution in [0.2, 0.25) is 0 Å². The summed E-state index contributed by atoms with van der Waals surface area (Å²) in [6.07, 6.45) is 1.40. The fourth-order valence-electron chi connectivity index (χ4n) is 3.26. The Kier molecular flexibility index (Phi) is 6.45. The van der Waals surface area contributed by atoms with Crippen LogP contribution in [-0.4, -0.2) is 64.9 Å². The van der Waals surface area contributed by atoms with Gasteiger partial charge in [0.05, 0.1) is 23.8 Å². The maximum atomic E-state index is 12.5. The first-order chi connectivity index (χ1) is 11.8. The van der Waals surface area contributed by atoms with Crippen molar-refractivity contribution in [2.75, 3.05) is 24.7 Å². The lowest BCUT2D eigenvalue weighted by atomic mass is 10.2. The highest BCUT2D eigenvalue weighted by Gasteiger charge is 2.34. The van der Waals surface area contributed by atoms with Gasteiger partial charge in [0, 0.05) is 36.9 Å². The molecular weight excluding hydrogens is 344 g/mol. The minimum Gasteiger partial charge on any atom is -0.395 e. The first kappa shape index (κ1) is 19.7. The zero-order chi connectivity index (χ0) is 18.6. The molecule has 0 spiro atoms. The number of amides is 2. The number of hydrogen-bond donors (Lipinski definition) is 2. The van der Waals surface area contributed by atoms with E-state index in [2.05, 4.69) is 17.3 Å². The quantitative estimate of drug-likeness (QED) is 0.729. The van der Waals surface area contributed by atoms with Crippen molar-refractivity contribution in [3.8, 4) is 0 Å². The van der Waals surface area contributed by atoms with Crippen LogP contribution in [0, 0.1) is 13.8 Å². The van der Waals surface area contributed by atoms with Crippen LogP contribution >= 0.6 is 0 Å². The van der Waals surface area contributed by atoms with Gasteiger partial charge in [-0.25, -0.2) is 13.2 Å². The number of nitrogens with one attached hydrogen (secondary N) is 1. The van der Waals surface area contributed by atoms with E-state index < -0.39 is 9.84 Å². The fourth-order valence-corrected chi connectivity index (χ4v) is 4.99. The van der Waals surface area contributed by atoms with Gasteiger partial charge in [-0.1, -0.05) is 6.92 Å². The average molecular weight is 372 g/mol. The standard InChI is InChI=1S/C16H28N4O4S/c1-4-6-20-13(3)15(12(2)18-20)10-17-16(22)19(7-8-21)14-5-9-25(23,24)11-14/h14,21H,4-11H2,1-3H3,(H,17,22)/t14-/m0/s1. The van der Waals surface area contributed by atoms with Gasteiger partial charge in [0.15, 0.2) is 9.84 Å². The zero-order valence-corrected chi connectivity index (χ0v) is 16.0. The van der Waals surface area contributed by atoms with Crippen LogP contribution in [0.1, 0.15) is 36.7 Å². The molecule has 1 aliphatic heterocycles. The Labute approximate surface area is 149 Å². The summed E-state index contributed by atoms with van der Waals surface area (Å²) in [5.74, 6) is 0.0573. The second kappa shape index (κ2) is 8.18. The molecule has 1 aromatic rings. The van der Waals surface area contributed by atoms with E-state index in [0.29, 0.717) is 13.0 Å². The van der Waals surface area contributed by atoms with Crippen LogP contribution in [0.15, 0.2) is 0 Å². The first-order valence-corrected chi connectivity index (χ1v) is 10.5. The molecule has 0 aliphatic carbocycles. The third-order valence-corrected chi connectivity index (χ3v) is 6.38. The molecule has 1 saturated heterocycles. The first-order valence-electron chi connectivity index (χ1n) is 8.67. The molecule has 0 radical (unpaired) electrons. The summed E-state index contributed by atoms with van der Waals surface area (Å²) in [5, 5.41) is 16.6. The number of aliphatic hydroxyl groups is 1. The Hall–Kier alpha value is -1.61. The predicted octanol–water partition coefficient (Wildman–Crippen LogP) is 0.601. The lowest BCUT2D eigenvalue weighted by Crippen LogP contribution is -2.47. The highest BCUT2D eigenvalue weighted by Crippen LogP contribution is 2.18. The Morgan fingerprint density at radius 2 is 2.16 bits per heavy atom. The molecule has 0 saturated carbocycles. The van der Waals surface area contributed by atoms with Crippen molar-refractivity contribution < 1.29 is 18.3 Å². The summed E-state index contributed by atoms with van der Waals surface area (Å²) in [5.41, 5.74) is 2.88. The number of carbonyl (C=O) groups excluding carboxylic acids is 1. The molecule has 0 bridgehead atoms. The van der Waals surface area contributed by atoms with E-state index in [0.717, 1.165) is 29.9 Å². The predicted molar refractivity (Wildman–Crippen MR) is 95.1 cm³/mol. The van der Waals surface area contributed by atoms with E-state index >= 15 is 0 Å². The van der Waals surface area contributed by atoms with Gasteiger partial charge in [0.2, 0.25) is 0 Å². The number of carbonyl (C=O) groups is 1. The van der Waals surface area contributed by atoms with Gasteiger partial charge < -0.3 is 15.3 Å². The Balaban J connectivity index is 2.04. The van der Waals surface area contributed by atoms with Crippen LogP contribution in [0.3, 0.4) is 0 Å². The summed E-state index contributed by atoms with van der Waals surface area (Å²) < 4.78 is 25.3. The van der Waals surface area contributed by atoms with E-state index in [1.165, 1.54) is 4.90 Å². The van der Waals surface area contributed by atoms with Gasteiger partial charge in [-0.15, -0.1) is 0 Å². The number of nitrogens with zero attached hydrogens (tertiary/aromatic N) is 3. The minimum absolute atomic E-state index is 0.0348. The molecule has 1 aromatic heterocycles. The van der Waals surface area contributed by atoms with Crippen LogP contribution < -0.4 is 5.32 Å². The molecule has 1 atom stereocenters. The van der Waals surface area contributed by atoms with Gasteiger partial charge >= 0.3 is 6.03 Å². The molecule has 0 aromatic carbocycles. The maximum absolute atomic E-state index is 12.5. The summed E-state index contributed by atoms with van der Waals surface area (Å²) in [6.45, 7) is 7.07. The third kappa shape index (κ3) is 4.72. The molecule has 9 heteroatoms. The third-order valence-electron chi connectivity index (χ3n) is 4.63. The van der Waals surface area contributed by atoms with Crippen molar-refractivity contribution in [1.82, 2.24) is 20.0 Å².